The molecule has 1 aromatic rings. The van der Waals surface area contributed by atoms with Gasteiger partial charge in [-0.2, -0.15) is 0 Å². The summed E-state index contributed by atoms with van der Waals surface area (Å²) in [6.45, 7) is 0. The smallest absolute Gasteiger partial charge is 0.270 e. The normalized spacial score (nSPS) is 16.8. The Bertz CT molecular complexity index is 1080. The van der Waals surface area contributed by atoms with E-state index in [-0.39, 0.29) is 22.9 Å². The van der Waals surface area contributed by atoms with Crippen LogP contribution in [0.1, 0.15) is 12.8 Å². The van der Waals surface area contributed by atoms with E-state index in [1.807, 2.05) is 24.5 Å². The van der Waals surface area contributed by atoms with Gasteiger partial charge >= 0.3 is 0 Å². The van der Waals surface area contributed by atoms with Gasteiger partial charge in [0.1, 0.15) is 5.76 Å². The fraction of sp³-hybridized carbons (Fsp3) is 0.143. The van der Waals surface area contributed by atoms with Gasteiger partial charge in [0.2, 0.25) is 0 Å². The van der Waals surface area contributed by atoms with Gasteiger partial charge in [0.15, 0.2) is 5.76 Å². The molecule has 0 aliphatic heterocycles. The zero-order valence-corrected chi connectivity index (χ0v) is 20.1. The molecule has 2 aliphatic rings. The lowest BCUT2D eigenvalue weighted by atomic mass is 10.3. The Labute approximate surface area is 203 Å². The van der Waals surface area contributed by atoms with E-state index in [0.29, 0.717) is 22.2 Å². The minimum Gasteiger partial charge on any atom is -0.458 e. The third-order valence-corrected chi connectivity index (χ3v) is 6.56. The number of nitro groups is 1. The van der Waals surface area contributed by atoms with Crippen molar-refractivity contribution < 1.29 is 9.66 Å². The second kappa shape index (κ2) is 11.2. The summed E-state index contributed by atoms with van der Waals surface area (Å²) in [6, 6.07) is 8.09. The Morgan fingerprint density at radius 3 is 2.74 bits per heavy atom. The molecule has 162 valence electrons. The van der Waals surface area contributed by atoms with Gasteiger partial charge < -0.3 is 9.46 Å². The monoisotopic (exact) mass is 514 g/mol. The van der Waals surface area contributed by atoms with Crippen LogP contribution in [0.15, 0.2) is 96.8 Å². The summed E-state index contributed by atoms with van der Waals surface area (Å²) < 4.78 is 9.21. The molecular formula is C21H17Cl3N2O3S2. The third-order valence-electron chi connectivity index (χ3n) is 4.11. The van der Waals surface area contributed by atoms with Gasteiger partial charge in [0.05, 0.1) is 15.0 Å². The quantitative estimate of drug-likeness (QED) is 0.172. The van der Waals surface area contributed by atoms with Crippen molar-refractivity contribution in [1.29, 1.82) is 0 Å². The number of hydrogen-bond acceptors (Lipinski definition) is 6. The first-order chi connectivity index (χ1) is 14.9. The molecule has 0 fully saturated rings. The third kappa shape index (κ3) is 6.85. The summed E-state index contributed by atoms with van der Waals surface area (Å²) in [6.07, 6.45) is 10.5. The number of nitrogens with one attached hydrogen (secondary N) is 1. The van der Waals surface area contributed by atoms with E-state index >= 15 is 0 Å². The predicted molar refractivity (Wildman–Crippen MR) is 132 cm³/mol. The number of anilines is 1. The van der Waals surface area contributed by atoms with Crippen molar-refractivity contribution in [3.05, 3.63) is 102 Å². The van der Waals surface area contributed by atoms with Crippen LogP contribution < -0.4 is 4.72 Å². The number of hydrogen-bond donors (Lipinski definition) is 1. The summed E-state index contributed by atoms with van der Waals surface area (Å²) in [5.41, 5.74) is 0.855. The highest BCUT2D eigenvalue weighted by Crippen LogP contribution is 2.36. The Morgan fingerprint density at radius 1 is 1.19 bits per heavy atom. The van der Waals surface area contributed by atoms with Crippen molar-refractivity contribution in [3.63, 3.8) is 0 Å². The average Bonchev–Trinajstić information content (AvgIpc) is 3.01. The lowest BCUT2D eigenvalue weighted by Gasteiger charge is -2.12. The SMILES string of the molecule is CSc1cccc(NSC2=CC(Cl)=C(OC3=CC=C([N+](=O)[O-])C=C(Cl)C3)C(Cl)=CC2)c1. The first-order valence-corrected chi connectivity index (χ1v) is 12.2. The molecule has 0 radical (unpaired) electrons. The zero-order valence-electron chi connectivity index (χ0n) is 16.2. The molecule has 0 saturated heterocycles. The Balaban J connectivity index is 1.77. The largest absolute Gasteiger partial charge is 0.458 e. The number of thioether (sulfide) groups is 1. The number of ether oxygens (including phenoxy) is 1. The molecule has 1 aromatic carbocycles. The molecule has 0 amide bonds. The fourth-order valence-electron chi connectivity index (χ4n) is 2.62. The molecule has 3 rings (SSSR count). The van der Waals surface area contributed by atoms with E-state index in [1.165, 1.54) is 30.2 Å². The van der Waals surface area contributed by atoms with Crippen molar-refractivity contribution in [3.8, 4) is 0 Å². The zero-order chi connectivity index (χ0) is 22.4. The van der Waals surface area contributed by atoms with E-state index in [0.717, 1.165) is 15.5 Å². The average molecular weight is 516 g/mol. The van der Waals surface area contributed by atoms with Crippen LogP contribution in [0.3, 0.4) is 0 Å². The second-order valence-corrected chi connectivity index (χ2v) is 9.44. The number of allylic oxidation sites excluding steroid dienone is 9. The summed E-state index contributed by atoms with van der Waals surface area (Å²) in [4.78, 5) is 12.6. The van der Waals surface area contributed by atoms with E-state index in [2.05, 4.69) is 10.8 Å². The Morgan fingerprint density at radius 2 is 2.00 bits per heavy atom. The van der Waals surface area contributed by atoms with Crippen molar-refractivity contribution >= 4 is 64.2 Å². The highest BCUT2D eigenvalue weighted by Gasteiger charge is 2.19. The van der Waals surface area contributed by atoms with Crippen molar-refractivity contribution in [1.82, 2.24) is 0 Å². The molecule has 31 heavy (non-hydrogen) atoms. The Kier molecular flexibility index (Phi) is 8.63. The van der Waals surface area contributed by atoms with Crippen molar-refractivity contribution in [2.75, 3.05) is 11.0 Å². The molecule has 0 atom stereocenters. The standard InChI is InChI=1S/C21H17Cl3N2O3S2/c1-30-17-4-2-3-14(11-17)25-31-18-7-8-19(23)21(20(24)12-18)29-16-6-5-15(26(27)28)9-13(22)10-16/h2-6,8-9,11-12,25H,7,10H2,1H3. The maximum absolute atomic E-state index is 11.0. The Hall–Kier alpha value is -1.77. The van der Waals surface area contributed by atoms with Gasteiger partial charge in [-0.15, -0.1) is 11.8 Å². The van der Waals surface area contributed by atoms with Crippen LogP contribution in [0.2, 0.25) is 0 Å². The predicted octanol–water partition coefficient (Wildman–Crippen LogP) is 7.92. The van der Waals surface area contributed by atoms with Gasteiger partial charge in [0.25, 0.3) is 5.70 Å². The number of halogens is 3. The summed E-state index contributed by atoms with van der Waals surface area (Å²) in [5, 5.41) is 12.0. The van der Waals surface area contributed by atoms with E-state index < -0.39 is 4.92 Å². The van der Waals surface area contributed by atoms with Crippen LogP contribution >= 0.6 is 58.5 Å². The van der Waals surface area contributed by atoms with Crippen LogP contribution in [0, 0.1) is 10.1 Å². The molecule has 2 aliphatic carbocycles. The molecule has 0 saturated carbocycles. The number of rotatable bonds is 7. The molecule has 5 nitrogen and oxygen atoms in total. The molecule has 0 aromatic heterocycles. The summed E-state index contributed by atoms with van der Waals surface area (Å²) >= 11 is 22.1. The molecule has 0 bridgehead atoms. The fourth-order valence-corrected chi connectivity index (χ4v) is 4.65. The molecular weight excluding hydrogens is 499 g/mol. The van der Waals surface area contributed by atoms with Crippen LogP contribution in [-0.4, -0.2) is 11.2 Å². The van der Waals surface area contributed by atoms with E-state index in [4.69, 9.17) is 39.5 Å². The lowest BCUT2D eigenvalue weighted by molar-refractivity contribution is -0.419. The van der Waals surface area contributed by atoms with Crippen molar-refractivity contribution in [2.45, 2.75) is 17.7 Å². The van der Waals surface area contributed by atoms with Crippen LogP contribution in [0.5, 0.6) is 0 Å². The van der Waals surface area contributed by atoms with Gasteiger partial charge in [-0.05, 0) is 48.6 Å². The molecule has 0 spiro atoms. The van der Waals surface area contributed by atoms with E-state index in [1.54, 1.807) is 23.9 Å². The van der Waals surface area contributed by atoms with Gasteiger partial charge in [-0.25, -0.2) is 0 Å². The summed E-state index contributed by atoms with van der Waals surface area (Å²) in [5.74, 6) is 0.672. The van der Waals surface area contributed by atoms with Gasteiger partial charge in [0, 0.05) is 45.5 Å². The van der Waals surface area contributed by atoms with Gasteiger partial charge in [-0.1, -0.05) is 46.9 Å². The molecule has 1 N–H and O–H groups in total. The van der Waals surface area contributed by atoms with Crippen molar-refractivity contribution in [2.24, 2.45) is 0 Å². The van der Waals surface area contributed by atoms with E-state index in [9.17, 15) is 10.1 Å². The first kappa shape index (κ1) is 23.9. The maximum Gasteiger partial charge on any atom is 0.270 e. The molecule has 0 heterocycles. The topological polar surface area (TPSA) is 64.4 Å². The summed E-state index contributed by atoms with van der Waals surface area (Å²) in [7, 11) is 0. The first-order valence-electron chi connectivity index (χ1n) is 8.98. The minimum absolute atomic E-state index is 0.124. The lowest BCUT2D eigenvalue weighted by Crippen LogP contribution is -1.96. The highest BCUT2D eigenvalue weighted by molar-refractivity contribution is 8.04. The number of nitrogens with zero attached hydrogens (tertiary/aromatic N) is 1. The van der Waals surface area contributed by atoms with Crippen LogP contribution in [0.25, 0.3) is 0 Å². The minimum atomic E-state index is -0.513. The van der Waals surface area contributed by atoms with Crippen LogP contribution in [-0.2, 0) is 4.74 Å². The number of benzene rings is 1. The maximum atomic E-state index is 11.0. The van der Waals surface area contributed by atoms with Crippen LogP contribution in [0.4, 0.5) is 5.69 Å². The molecule has 0 unspecified atom stereocenters. The highest BCUT2D eigenvalue weighted by atomic mass is 35.5. The molecule has 10 heteroatoms. The second-order valence-electron chi connectivity index (χ2n) is 6.33. The van der Waals surface area contributed by atoms with Gasteiger partial charge in [-0.3, -0.25) is 10.1 Å².